The van der Waals surface area contributed by atoms with Crippen molar-refractivity contribution in [3.8, 4) is 23.5 Å². The summed E-state index contributed by atoms with van der Waals surface area (Å²) < 4.78 is 14.1. The van der Waals surface area contributed by atoms with Gasteiger partial charge in [0.25, 0.3) is 0 Å². The summed E-state index contributed by atoms with van der Waals surface area (Å²) in [7, 11) is -1.99. The second-order valence-electron chi connectivity index (χ2n) is 11.2. The van der Waals surface area contributed by atoms with Gasteiger partial charge in [-0.25, -0.2) is 0 Å². The van der Waals surface area contributed by atoms with E-state index < -0.39 is 26.1 Å². The van der Waals surface area contributed by atoms with Crippen molar-refractivity contribution in [1.82, 2.24) is 4.57 Å². The molecule has 7 nitrogen and oxygen atoms in total. The van der Waals surface area contributed by atoms with Gasteiger partial charge in [-0.2, -0.15) is 5.26 Å². The Balaban J connectivity index is 1.59. The maximum atomic E-state index is 11.5. The molecule has 0 radical (unpaired) electrons. The Morgan fingerprint density at radius 1 is 1.14 bits per heavy atom. The minimum absolute atomic E-state index is 0.0600. The van der Waals surface area contributed by atoms with Crippen LogP contribution in [0, 0.1) is 11.3 Å². The molecular formula is C27H32N2O5Si. The molecule has 1 saturated heterocycles. The number of benzene rings is 2. The van der Waals surface area contributed by atoms with Gasteiger partial charge in [0.15, 0.2) is 8.32 Å². The van der Waals surface area contributed by atoms with Crippen molar-refractivity contribution >= 4 is 19.1 Å². The quantitative estimate of drug-likeness (QED) is 0.414. The standard InChI is InChI=1S/C27H32N2O5Si/c1-26(2,3)35(4,5)33-13-12-27-14-20(30)23(34-27)21-22(27)25(32)29(24(21)31)19-11-10-16(15-28)17-8-6-7-9-18(17)19/h6-11,20,23,30-32H,12-14H2,1-5H3/t20-,23-,27+/m1/s1. The van der Waals surface area contributed by atoms with E-state index in [-0.39, 0.29) is 16.8 Å². The van der Waals surface area contributed by atoms with Crippen LogP contribution in [0.4, 0.5) is 0 Å². The van der Waals surface area contributed by atoms with E-state index in [1.807, 2.05) is 24.3 Å². The van der Waals surface area contributed by atoms with Crippen LogP contribution in [0.5, 0.6) is 11.8 Å². The molecule has 1 fully saturated rings. The third-order valence-electron chi connectivity index (χ3n) is 8.18. The van der Waals surface area contributed by atoms with Gasteiger partial charge in [-0.15, -0.1) is 0 Å². The first-order valence-electron chi connectivity index (χ1n) is 12.0. The van der Waals surface area contributed by atoms with Crippen molar-refractivity contribution in [2.45, 2.75) is 69.6 Å². The monoisotopic (exact) mass is 492 g/mol. The highest BCUT2D eigenvalue weighted by Crippen LogP contribution is 2.63. The van der Waals surface area contributed by atoms with E-state index in [0.717, 1.165) is 10.8 Å². The molecule has 2 aromatic carbocycles. The van der Waals surface area contributed by atoms with Gasteiger partial charge < -0.3 is 24.5 Å². The zero-order valence-corrected chi connectivity index (χ0v) is 21.8. The van der Waals surface area contributed by atoms with Gasteiger partial charge in [-0.05, 0) is 30.3 Å². The average molecular weight is 493 g/mol. The lowest BCUT2D eigenvalue weighted by molar-refractivity contribution is -0.0462. The number of hydrogen-bond acceptors (Lipinski definition) is 6. The summed E-state index contributed by atoms with van der Waals surface area (Å²) in [5.41, 5.74) is 1.10. The molecule has 3 aromatic rings. The predicted molar refractivity (Wildman–Crippen MR) is 135 cm³/mol. The van der Waals surface area contributed by atoms with Gasteiger partial charge in [0.05, 0.1) is 34.6 Å². The lowest BCUT2D eigenvalue weighted by atomic mass is 9.81. The molecule has 0 spiro atoms. The van der Waals surface area contributed by atoms with Crippen LogP contribution in [0.1, 0.15) is 56.4 Å². The van der Waals surface area contributed by atoms with Gasteiger partial charge in [0.1, 0.15) is 11.7 Å². The van der Waals surface area contributed by atoms with Gasteiger partial charge in [-0.3, -0.25) is 4.57 Å². The van der Waals surface area contributed by atoms with Gasteiger partial charge in [0.2, 0.25) is 11.8 Å². The summed E-state index contributed by atoms with van der Waals surface area (Å²) in [6.45, 7) is 11.4. The minimum atomic E-state index is -1.99. The third-order valence-corrected chi connectivity index (χ3v) is 12.7. The molecule has 0 amide bonds. The fourth-order valence-corrected chi connectivity index (χ4v) is 6.33. The van der Waals surface area contributed by atoms with Crippen LogP contribution < -0.4 is 0 Å². The molecular weight excluding hydrogens is 460 g/mol. The molecule has 1 aromatic heterocycles. The van der Waals surface area contributed by atoms with Crippen LogP contribution >= 0.6 is 0 Å². The first-order valence-corrected chi connectivity index (χ1v) is 14.9. The Morgan fingerprint density at radius 3 is 2.49 bits per heavy atom. The van der Waals surface area contributed by atoms with Crippen molar-refractivity contribution in [3.63, 3.8) is 0 Å². The third kappa shape index (κ3) is 3.41. The Hall–Kier alpha value is -2.83. The Morgan fingerprint density at radius 2 is 1.83 bits per heavy atom. The molecule has 2 aliphatic rings. The fourth-order valence-electron chi connectivity index (χ4n) is 5.29. The van der Waals surface area contributed by atoms with Crippen LogP contribution in [-0.2, 0) is 14.8 Å². The van der Waals surface area contributed by atoms with Crippen LogP contribution in [0.3, 0.4) is 0 Å². The number of rotatable bonds is 5. The van der Waals surface area contributed by atoms with E-state index in [9.17, 15) is 20.6 Å². The summed E-state index contributed by atoms with van der Waals surface area (Å²) in [4.78, 5) is 0. The second-order valence-corrected chi connectivity index (χ2v) is 16.0. The van der Waals surface area contributed by atoms with Crippen molar-refractivity contribution in [2.75, 3.05) is 6.61 Å². The molecule has 2 bridgehead atoms. The zero-order valence-electron chi connectivity index (χ0n) is 20.8. The van der Waals surface area contributed by atoms with Crippen molar-refractivity contribution in [2.24, 2.45) is 0 Å². The number of aliphatic hydroxyl groups is 1. The number of nitriles is 1. The number of nitrogens with zero attached hydrogens (tertiary/aromatic N) is 2. The first-order chi connectivity index (χ1) is 16.4. The molecule has 0 saturated carbocycles. The number of hydrogen-bond donors (Lipinski definition) is 3. The molecule has 3 heterocycles. The molecule has 2 aliphatic heterocycles. The largest absolute Gasteiger partial charge is 0.494 e. The van der Waals surface area contributed by atoms with Crippen LogP contribution in [-0.4, -0.2) is 40.9 Å². The normalized spacial score (nSPS) is 23.6. The minimum Gasteiger partial charge on any atom is -0.494 e. The number of aromatic hydroxyl groups is 2. The Bertz CT molecular complexity index is 1370. The molecule has 3 atom stereocenters. The van der Waals surface area contributed by atoms with E-state index in [0.29, 0.717) is 41.8 Å². The Labute approximate surface area is 206 Å². The van der Waals surface area contributed by atoms with Crippen molar-refractivity contribution in [3.05, 3.63) is 53.1 Å². The van der Waals surface area contributed by atoms with Gasteiger partial charge >= 0.3 is 0 Å². The van der Waals surface area contributed by atoms with Crippen molar-refractivity contribution in [1.29, 1.82) is 5.26 Å². The molecule has 35 heavy (non-hydrogen) atoms. The summed E-state index contributed by atoms with van der Waals surface area (Å²) in [5.74, 6) is -0.252. The zero-order chi connectivity index (χ0) is 25.3. The molecule has 8 heteroatoms. The first kappa shape index (κ1) is 23.9. The second kappa shape index (κ2) is 7.84. The maximum absolute atomic E-state index is 11.5. The van der Waals surface area contributed by atoms with E-state index >= 15 is 0 Å². The van der Waals surface area contributed by atoms with Gasteiger partial charge in [0, 0.05) is 30.2 Å². The molecule has 3 N–H and O–H groups in total. The van der Waals surface area contributed by atoms with Crippen LogP contribution in [0.25, 0.3) is 16.5 Å². The highest BCUT2D eigenvalue weighted by Gasteiger charge is 2.60. The SMILES string of the molecule is CC(C)(C)[Si](C)(C)OCC[C@@]12C[C@@H](O)[C@@H](O1)c1c2c(O)n(-c2ccc(C#N)c3ccccc23)c1O. The summed E-state index contributed by atoms with van der Waals surface area (Å²) >= 11 is 0. The maximum Gasteiger partial charge on any atom is 0.205 e. The number of ether oxygens (including phenoxy) is 1. The predicted octanol–water partition coefficient (Wildman–Crippen LogP) is 5.36. The molecule has 5 rings (SSSR count). The fraction of sp³-hybridized carbons (Fsp3) is 0.444. The molecule has 0 aliphatic carbocycles. The summed E-state index contributed by atoms with van der Waals surface area (Å²) in [6.07, 6.45) is -0.703. The molecule has 184 valence electrons. The smallest absolute Gasteiger partial charge is 0.205 e. The number of fused-ring (bicyclic) bond motifs is 6. The molecule has 0 unspecified atom stereocenters. The summed E-state index contributed by atoms with van der Waals surface area (Å²) in [6, 6.07) is 13.0. The lowest BCUT2D eigenvalue weighted by Crippen LogP contribution is -2.42. The van der Waals surface area contributed by atoms with Crippen LogP contribution in [0.2, 0.25) is 18.1 Å². The topological polar surface area (TPSA) is 108 Å². The Kier molecular flexibility index (Phi) is 5.35. The average Bonchev–Trinajstić information content (AvgIpc) is 3.39. The van der Waals surface area contributed by atoms with Gasteiger partial charge in [-0.1, -0.05) is 45.0 Å². The van der Waals surface area contributed by atoms with E-state index in [4.69, 9.17) is 9.16 Å². The number of aliphatic hydroxyl groups excluding tert-OH is 1. The van der Waals surface area contributed by atoms with E-state index in [2.05, 4.69) is 39.9 Å². The van der Waals surface area contributed by atoms with Crippen molar-refractivity contribution < 1.29 is 24.5 Å². The highest BCUT2D eigenvalue weighted by molar-refractivity contribution is 6.74. The van der Waals surface area contributed by atoms with E-state index in [1.165, 1.54) is 4.57 Å². The summed E-state index contributed by atoms with van der Waals surface area (Å²) in [5, 5.41) is 44.6. The highest BCUT2D eigenvalue weighted by atomic mass is 28.4. The van der Waals surface area contributed by atoms with E-state index in [1.54, 1.807) is 12.1 Å². The number of aromatic nitrogens is 1. The van der Waals surface area contributed by atoms with Crippen LogP contribution in [0.15, 0.2) is 36.4 Å². The lowest BCUT2D eigenvalue weighted by Gasteiger charge is -2.37.